The van der Waals surface area contributed by atoms with E-state index in [9.17, 15) is 4.79 Å². The van der Waals surface area contributed by atoms with Gasteiger partial charge in [-0.1, -0.05) is 13.8 Å². The monoisotopic (exact) mass is 335 g/mol. The van der Waals surface area contributed by atoms with E-state index >= 15 is 0 Å². The van der Waals surface area contributed by atoms with Crippen LogP contribution in [0.2, 0.25) is 0 Å². The molecule has 0 aromatic carbocycles. The molecule has 1 aromatic heterocycles. The van der Waals surface area contributed by atoms with E-state index in [0.29, 0.717) is 18.6 Å². The molecule has 134 valence electrons. The fraction of sp³-hybridized carbons (Fsp3) is 0.824. The summed E-state index contributed by atoms with van der Waals surface area (Å²) >= 11 is 0. The molecule has 0 radical (unpaired) electrons. The third-order valence-electron chi connectivity index (χ3n) is 5.11. The lowest BCUT2D eigenvalue weighted by molar-refractivity contribution is 0.0751. The van der Waals surface area contributed by atoms with Crippen LogP contribution in [0.25, 0.3) is 0 Å². The Kier molecular flexibility index (Phi) is 5.38. The Bertz CT molecular complexity index is 563. The van der Waals surface area contributed by atoms with Crippen molar-refractivity contribution in [1.82, 2.24) is 24.6 Å². The van der Waals surface area contributed by atoms with E-state index in [4.69, 9.17) is 4.74 Å². The van der Waals surface area contributed by atoms with Gasteiger partial charge in [0, 0.05) is 51.1 Å². The molecule has 1 saturated heterocycles. The van der Waals surface area contributed by atoms with Crippen molar-refractivity contribution in [2.24, 2.45) is 0 Å². The average Bonchev–Trinajstić information content (AvgIpc) is 2.88. The fourth-order valence-corrected chi connectivity index (χ4v) is 3.78. The molecule has 2 aliphatic rings. The molecule has 1 amide bonds. The van der Waals surface area contributed by atoms with E-state index in [2.05, 4.69) is 33.5 Å². The van der Waals surface area contributed by atoms with Gasteiger partial charge in [-0.15, -0.1) is 10.2 Å². The minimum Gasteiger partial charge on any atom is -0.450 e. The summed E-state index contributed by atoms with van der Waals surface area (Å²) in [5.41, 5.74) is 0. The Labute approximate surface area is 144 Å². The van der Waals surface area contributed by atoms with Crippen LogP contribution in [0.4, 0.5) is 4.79 Å². The van der Waals surface area contributed by atoms with E-state index < -0.39 is 0 Å². The molecule has 0 bridgehead atoms. The zero-order valence-electron chi connectivity index (χ0n) is 15.1. The number of rotatable bonds is 3. The largest absolute Gasteiger partial charge is 0.450 e. The molecule has 0 spiro atoms. The van der Waals surface area contributed by atoms with Gasteiger partial charge in [0.05, 0.1) is 6.61 Å². The number of fused-ring (bicyclic) bond motifs is 1. The van der Waals surface area contributed by atoms with Crippen LogP contribution in [0.1, 0.15) is 51.2 Å². The van der Waals surface area contributed by atoms with Crippen molar-refractivity contribution in [1.29, 1.82) is 0 Å². The molecule has 1 aromatic rings. The molecule has 2 aliphatic heterocycles. The highest BCUT2D eigenvalue weighted by atomic mass is 16.6. The van der Waals surface area contributed by atoms with Crippen LogP contribution < -0.4 is 0 Å². The topological polar surface area (TPSA) is 63.5 Å². The fourth-order valence-electron chi connectivity index (χ4n) is 3.78. The summed E-state index contributed by atoms with van der Waals surface area (Å²) < 4.78 is 7.41. The minimum atomic E-state index is -0.167. The Balaban J connectivity index is 1.56. The second kappa shape index (κ2) is 7.51. The van der Waals surface area contributed by atoms with Gasteiger partial charge in [-0.25, -0.2) is 4.79 Å². The number of ether oxygens (including phenoxy) is 1. The van der Waals surface area contributed by atoms with Crippen LogP contribution >= 0.6 is 0 Å². The van der Waals surface area contributed by atoms with Gasteiger partial charge >= 0.3 is 6.09 Å². The third-order valence-corrected chi connectivity index (χ3v) is 5.11. The molecule has 1 fully saturated rings. The molecule has 3 rings (SSSR count). The Hall–Kier alpha value is -1.63. The summed E-state index contributed by atoms with van der Waals surface area (Å²) in [7, 11) is 0. The third kappa shape index (κ3) is 3.55. The standard InChI is InChI=1S/C17H29N5O2/c1-4-24-17(23)21-8-5-14(6-9-21)20-10-7-15-18-19-16(13(2)3)22(15)12-11-20/h13-14H,4-12H2,1-3H3. The van der Waals surface area contributed by atoms with Crippen molar-refractivity contribution in [3.05, 3.63) is 11.6 Å². The van der Waals surface area contributed by atoms with Crippen LogP contribution in [0.5, 0.6) is 0 Å². The molecule has 0 aliphatic carbocycles. The van der Waals surface area contributed by atoms with Crippen LogP contribution in [0.15, 0.2) is 0 Å². The normalized spacial score (nSPS) is 20.1. The van der Waals surface area contributed by atoms with Gasteiger partial charge in [-0.2, -0.15) is 0 Å². The maximum absolute atomic E-state index is 11.8. The first kappa shape index (κ1) is 17.2. The molecule has 0 unspecified atom stereocenters. The van der Waals surface area contributed by atoms with Gasteiger partial charge in [0.1, 0.15) is 11.6 Å². The first-order valence-electron chi connectivity index (χ1n) is 9.17. The van der Waals surface area contributed by atoms with Crippen LogP contribution in [0.3, 0.4) is 0 Å². The number of piperidine rings is 1. The van der Waals surface area contributed by atoms with Gasteiger partial charge in [0.2, 0.25) is 0 Å². The number of carbonyl (C=O) groups is 1. The predicted octanol–water partition coefficient (Wildman–Crippen LogP) is 1.88. The zero-order chi connectivity index (χ0) is 17.1. The summed E-state index contributed by atoms with van der Waals surface area (Å²) in [6.07, 6.45) is 2.84. The maximum atomic E-state index is 11.8. The highest BCUT2D eigenvalue weighted by molar-refractivity contribution is 5.67. The van der Waals surface area contributed by atoms with Crippen molar-refractivity contribution in [2.45, 2.75) is 58.5 Å². The van der Waals surface area contributed by atoms with E-state index in [1.807, 2.05) is 11.8 Å². The van der Waals surface area contributed by atoms with E-state index in [-0.39, 0.29) is 6.09 Å². The molecule has 7 heteroatoms. The van der Waals surface area contributed by atoms with Gasteiger partial charge in [-0.3, -0.25) is 4.90 Å². The minimum absolute atomic E-state index is 0.167. The molecule has 0 N–H and O–H groups in total. The lowest BCUT2D eigenvalue weighted by Gasteiger charge is -2.37. The van der Waals surface area contributed by atoms with Crippen LogP contribution in [-0.4, -0.2) is 69.5 Å². The Morgan fingerprint density at radius 2 is 1.92 bits per heavy atom. The number of aromatic nitrogens is 3. The van der Waals surface area contributed by atoms with Crippen molar-refractivity contribution in [2.75, 3.05) is 32.8 Å². The smallest absolute Gasteiger partial charge is 0.409 e. The van der Waals surface area contributed by atoms with Crippen molar-refractivity contribution >= 4 is 6.09 Å². The molecule has 3 heterocycles. The van der Waals surface area contributed by atoms with Gasteiger partial charge in [-0.05, 0) is 19.8 Å². The summed E-state index contributed by atoms with van der Waals surface area (Å²) in [5.74, 6) is 2.62. The molecular formula is C17H29N5O2. The summed E-state index contributed by atoms with van der Waals surface area (Å²) in [5, 5.41) is 8.75. The number of amides is 1. The Morgan fingerprint density at radius 1 is 1.17 bits per heavy atom. The SMILES string of the molecule is CCOC(=O)N1CCC(N2CCc3nnc(C(C)C)n3CC2)CC1. The second-order valence-corrected chi connectivity index (χ2v) is 6.98. The summed E-state index contributed by atoms with van der Waals surface area (Å²) in [6.45, 7) is 11.3. The van der Waals surface area contributed by atoms with Crippen LogP contribution in [0, 0.1) is 0 Å². The molecule has 7 nitrogen and oxygen atoms in total. The van der Waals surface area contributed by atoms with Gasteiger partial charge in [0.25, 0.3) is 0 Å². The molecule has 24 heavy (non-hydrogen) atoms. The van der Waals surface area contributed by atoms with Crippen molar-refractivity contribution in [3.63, 3.8) is 0 Å². The van der Waals surface area contributed by atoms with E-state index in [0.717, 1.165) is 63.6 Å². The van der Waals surface area contributed by atoms with E-state index in [1.165, 1.54) is 0 Å². The van der Waals surface area contributed by atoms with Crippen molar-refractivity contribution in [3.8, 4) is 0 Å². The van der Waals surface area contributed by atoms with Gasteiger partial charge < -0.3 is 14.2 Å². The number of hydrogen-bond acceptors (Lipinski definition) is 5. The molecular weight excluding hydrogens is 306 g/mol. The Morgan fingerprint density at radius 3 is 2.58 bits per heavy atom. The molecule has 0 atom stereocenters. The lowest BCUT2D eigenvalue weighted by atomic mass is 10.0. The van der Waals surface area contributed by atoms with Gasteiger partial charge in [0.15, 0.2) is 0 Å². The summed E-state index contributed by atoms with van der Waals surface area (Å²) in [4.78, 5) is 16.2. The first-order valence-corrected chi connectivity index (χ1v) is 9.17. The van der Waals surface area contributed by atoms with Crippen molar-refractivity contribution < 1.29 is 9.53 Å². The maximum Gasteiger partial charge on any atom is 0.409 e. The average molecular weight is 335 g/mol. The first-order chi connectivity index (χ1) is 11.6. The van der Waals surface area contributed by atoms with E-state index in [1.54, 1.807) is 0 Å². The lowest BCUT2D eigenvalue weighted by Crippen LogP contribution is -2.47. The highest BCUT2D eigenvalue weighted by Gasteiger charge is 2.29. The number of likely N-dealkylation sites (tertiary alicyclic amines) is 1. The summed E-state index contributed by atoms with van der Waals surface area (Å²) in [6, 6.07) is 0.552. The number of nitrogens with zero attached hydrogens (tertiary/aromatic N) is 5. The quantitative estimate of drug-likeness (QED) is 0.844. The number of carbonyl (C=O) groups excluding carboxylic acids is 1. The van der Waals surface area contributed by atoms with Crippen LogP contribution in [-0.2, 0) is 17.7 Å². The highest BCUT2D eigenvalue weighted by Crippen LogP contribution is 2.21. The zero-order valence-corrected chi connectivity index (χ0v) is 15.1. The predicted molar refractivity (Wildman–Crippen MR) is 91.0 cm³/mol. The molecule has 0 saturated carbocycles. The number of hydrogen-bond donors (Lipinski definition) is 0. The second-order valence-electron chi connectivity index (χ2n) is 6.98.